The lowest BCUT2D eigenvalue weighted by molar-refractivity contribution is -0.139. The number of carbonyl (C=O) groups excluding carboxylic acids is 1. The molecule has 19 heavy (non-hydrogen) atoms. The Bertz CT molecular complexity index is 582. The van der Waals surface area contributed by atoms with Crippen LogP contribution in [0.5, 0.6) is 0 Å². The average molecular weight is 308 g/mol. The van der Waals surface area contributed by atoms with E-state index >= 15 is 0 Å². The van der Waals surface area contributed by atoms with Crippen molar-refractivity contribution in [3.8, 4) is 0 Å². The first kappa shape index (κ1) is 15.5. The normalized spacial score (nSPS) is 12.9. The Morgan fingerprint density at radius 2 is 2.05 bits per heavy atom. The SMILES string of the molecule is CCC(NS(=O)(=O)c1nnc(NC(C)=O)s1)C(=O)O. The molecule has 9 nitrogen and oxygen atoms in total. The van der Waals surface area contributed by atoms with Crippen LogP contribution in [0.25, 0.3) is 0 Å². The monoisotopic (exact) mass is 308 g/mol. The zero-order chi connectivity index (χ0) is 14.6. The van der Waals surface area contributed by atoms with Crippen molar-refractivity contribution in [2.75, 3.05) is 5.32 Å². The van der Waals surface area contributed by atoms with Crippen LogP contribution in [0.2, 0.25) is 0 Å². The third-order valence-electron chi connectivity index (χ3n) is 1.92. The Morgan fingerprint density at radius 3 is 2.53 bits per heavy atom. The molecule has 1 atom stereocenters. The van der Waals surface area contributed by atoms with Crippen LogP contribution in [-0.4, -0.2) is 41.6 Å². The lowest BCUT2D eigenvalue weighted by atomic mass is 10.2. The number of aliphatic carboxylic acids is 1. The van der Waals surface area contributed by atoms with Crippen molar-refractivity contribution in [3.05, 3.63) is 0 Å². The summed E-state index contributed by atoms with van der Waals surface area (Å²) in [5.41, 5.74) is 0. The minimum absolute atomic E-state index is 0.0243. The molecule has 3 N–H and O–H groups in total. The lowest BCUT2D eigenvalue weighted by Crippen LogP contribution is -2.40. The van der Waals surface area contributed by atoms with Crippen molar-refractivity contribution in [2.45, 2.75) is 30.6 Å². The molecule has 0 aliphatic rings. The molecule has 0 fully saturated rings. The van der Waals surface area contributed by atoms with Gasteiger partial charge in [0.2, 0.25) is 15.4 Å². The van der Waals surface area contributed by atoms with Crippen molar-refractivity contribution in [1.82, 2.24) is 14.9 Å². The topological polar surface area (TPSA) is 138 Å². The maximum atomic E-state index is 11.8. The third kappa shape index (κ3) is 4.22. The summed E-state index contributed by atoms with van der Waals surface area (Å²) < 4.78 is 25.2. The average Bonchev–Trinajstić information content (AvgIpc) is 2.73. The van der Waals surface area contributed by atoms with Crippen molar-refractivity contribution in [1.29, 1.82) is 0 Å². The molecule has 0 saturated carbocycles. The van der Waals surface area contributed by atoms with Gasteiger partial charge in [-0.25, -0.2) is 8.42 Å². The summed E-state index contributed by atoms with van der Waals surface area (Å²) in [7, 11) is -4.07. The van der Waals surface area contributed by atoms with Crippen LogP contribution in [-0.2, 0) is 19.6 Å². The maximum absolute atomic E-state index is 11.8. The molecule has 0 spiro atoms. The molecule has 1 heterocycles. The van der Waals surface area contributed by atoms with Gasteiger partial charge in [0, 0.05) is 6.92 Å². The second-order valence-corrected chi connectivity index (χ2v) is 6.34. The van der Waals surface area contributed by atoms with Crippen molar-refractivity contribution >= 4 is 38.4 Å². The van der Waals surface area contributed by atoms with Crippen LogP contribution in [0, 0.1) is 0 Å². The van der Waals surface area contributed by atoms with Crippen LogP contribution < -0.4 is 10.0 Å². The van der Waals surface area contributed by atoms with Gasteiger partial charge in [0.1, 0.15) is 6.04 Å². The Hall–Kier alpha value is -1.59. The van der Waals surface area contributed by atoms with Gasteiger partial charge in [-0.1, -0.05) is 18.3 Å². The van der Waals surface area contributed by atoms with Crippen LogP contribution in [0.1, 0.15) is 20.3 Å². The number of aromatic nitrogens is 2. The fraction of sp³-hybridized carbons (Fsp3) is 0.500. The molecule has 0 bridgehead atoms. The molecule has 106 valence electrons. The van der Waals surface area contributed by atoms with Crippen LogP contribution >= 0.6 is 11.3 Å². The smallest absolute Gasteiger partial charge is 0.321 e. The number of hydrogen-bond donors (Lipinski definition) is 3. The molecular weight excluding hydrogens is 296 g/mol. The molecule has 1 unspecified atom stereocenters. The van der Waals surface area contributed by atoms with Gasteiger partial charge in [-0.05, 0) is 6.42 Å². The van der Waals surface area contributed by atoms with Gasteiger partial charge in [-0.3, -0.25) is 9.59 Å². The van der Waals surface area contributed by atoms with E-state index in [2.05, 4.69) is 15.5 Å². The number of carbonyl (C=O) groups is 2. The van der Waals surface area contributed by atoms with E-state index in [4.69, 9.17) is 5.11 Å². The number of sulfonamides is 1. The largest absolute Gasteiger partial charge is 0.480 e. The highest BCUT2D eigenvalue weighted by atomic mass is 32.2. The molecule has 1 amide bonds. The molecule has 1 aromatic rings. The number of hydrogen-bond acceptors (Lipinski definition) is 7. The first-order valence-electron chi connectivity index (χ1n) is 5.12. The minimum atomic E-state index is -4.07. The molecular formula is C8H12N4O5S2. The van der Waals surface area contributed by atoms with Crippen molar-refractivity contribution in [3.63, 3.8) is 0 Å². The zero-order valence-electron chi connectivity index (χ0n) is 10.1. The standard InChI is InChI=1S/C8H12N4O5S2/c1-3-5(6(14)15)12-19(16,17)8-11-10-7(18-8)9-4(2)13/h5,12H,3H2,1-2H3,(H,14,15)(H,9,10,13). The van der Waals surface area contributed by atoms with Gasteiger partial charge in [0.25, 0.3) is 10.0 Å². The van der Waals surface area contributed by atoms with E-state index in [1.165, 1.54) is 13.8 Å². The highest BCUT2D eigenvalue weighted by molar-refractivity contribution is 7.91. The molecule has 0 aliphatic heterocycles. The second-order valence-electron chi connectivity index (χ2n) is 3.47. The number of nitrogens with one attached hydrogen (secondary N) is 2. The Kier molecular flexibility index (Phi) is 4.91. The molecule has 1 rings (SSSR count). The summed E-state index contributed by atoms with van der Waals surface area (Å²) >= 11 is 0.635. The van der Waals surface area contributed by atoms with Gasteiger partial charge in [0.15, 0.2) is 0 Å². The molecule has 11 heteroatoms. The first-order valence-corrected chi connectivity index (χ1v) is 7.42. The van der Waals surface area contributed by atoms with Crippen LogP contribution in [0.4, 0.5) is 5.13 Å². The minimum Gasteiger partial charge on any atom is -0.480 e. The Morgan fingerprint density at radius 1 is 1.42 bits per heavy atom. The summed E-state index contributed by atoms with van der Waals surface area (Å²) in [4.78, 5) is 21.5. The van der Waals surface area contributed by atoms with Crippen LogP contribution in [0.3, 0.4) is 0 Å². The summed E-state index contributed by atoms with van der Waals surface area (Å²) in [6.07, 6.45) is 0.0892. The van der Waals surface area contributed by atoms with E-state index in [1.807, 2.05) is 4.72 Å². The molecule has 1 aromatic heterocycles. The number of carboxylic acids is 1. The molecule has 0 aliphatic carbocycles. The van der Waals surface area contributed by atoms with E-state index in [0.29, 0.717) is 11.3 Å². The Balaban J connectivity index is 2.91. The van der Waals surface area contributed by atoms with Gasteiger partial charge < -0.3 is 10.4 Å². The third-order valence-corrected chi connectivity index (χ3v) is 4.60. The van der Waals surface area contributed by atoms with Crippen molar-refractivity contribution < 1.29 is 23.1 Å². The summed E-state index contributed by atoms with van der Waals surface area (Å²) in [5, 5.41) is 18.0. The van der Waals surface area contributed by atoms with Gasteiger partial charge in [-0.2, -0.15) is 4.72 Å². The number of anilines is 1. The molecule has 0 aromatic carbocycles. The quantitative estimate of drug-likeness (QED) is 0.610. The fourth-order valence-electron chi connectivity index (χ4n) is 1.07. The highest BCUT2D eigenvalue weighted by Crippen LogP contribution is 2.20. The Labute approximate surface area is 113 Å². The number of rotatable bonds is 6. The highest BCUT2D eigenvalue weighted by Gasteiger charge is 2.27. The molecule has 0 radical (unpaired) electrons. The van der Waals surface area contributed by atoms with E-state index < -0.39 is 32.3 Å². The fourth-order valence-corrected chi connectivity index (χ4v) is 3.30. The predicted molar refractivity (Wildman–Crippen MR) is 66.2 cm³/mol. The summed E-state index contributed by atoms with van der Waals surface area (Å²) in [6.45, 7) is 2.77. The predicted octanol–water partition coefficient (Wildman–Crippen LogP) is -0.362. The van der Waals surface area contributed by atoms with Gasteiger partial charge in [0.05, 0.1) is 0 Å². The summed E-state index contributed by atoms with van der Waals surface area (Å²) in [6, 6.07) is -1.24. The van der Waals surface area contributed by atoms with Gasteiger partial charge >= 0.3 is 5.97 Å². The van der Waals surface area contributed by atoms with Gasteiger partial charge in [-0.15, -0.1) is 10.2 Å². The number of amides is 1. The number of nitrogens with zero attached hydrogens (tertiary/aromatic N) is 2. The maximum Gasteiger partial charge on any atom is 0.321 e. The first-order chi connectivity index (χ1) is 8.76. The lowest BCUT2D eigenvalue weighted by Gasteiger charge is -2.10. The second kappa shape index (κ2) is 6.04. The van der Waals surface area contributed by atoms with Crippen molar-refractivity contribution in [2.24, 2.45) is 0 Å². The number of carboxylic acid groups (broad SMARTS) is 1. The molecule has 0 saturated heterocycles. The summed E-state index contributed by atoms with van der Waals surface area (Å²) in [5.74, 6) is -1.69. The van der Waals surface area contributed by atoms with E-state index in [0.717, 1.165) is 0 Å². The van der Waals surface area contributed by atoms with E-state index in [1.54, 1.807) is 0 Å². The van der Waals surface area contributed by atoms with E-state index in [-0.39, 0.29) is 11.6 Å². The zero-order valence-corrected chi connectivity index (χ0v) is 11.7. The van der Waals surface area contributed by atoms with Crippen LogP contribution in [0.15, 0.2) is 4.34 Å². The van der Waals surface area contributed by atoms with E-state index in [9.17, 15) is 18.0 Å².